The van der Waals surface area contributed by atoms with Crippen molar-refractivity contribution in [1.29, 1.82) is 0 Å². The fraction of sp³-hybridized carbons (Fsp3) is 0.909. The minimum atomic E-state index is -0.180. The second-order valence-corrected chi connectivity index (χ2v) is 4.75. The number of nitrogens with one attached hydrogen (secondary N) is 1. The molecule has 1 N–H and O–H groups in total. The summed E-state index contributed by atoms with van der Waals surface area (Å²) in [5.74, 6) is 0.290. The van der Waals surface area contributed by atoms with E-state index in [1.165, 1.54) is 0 Å². The zero-order valence-electron chi connectivity index (χ0n) is 9.75. The number of hydrogen-bond acceptors (Lipinski definition) is 3. The molecule has 15 heavy (non-hydrogen) atoms. The first kappa shape index (κ1) is 10.9. The smallest absolute Gasteiger partial charge is 0.244 e. The zero-order chi connectivity index (χ0) is 11.1. The van der Waals surface area contributed by atoms with Gasteiger partial charge >= 0.3 is 0 Å². The van der Waals surface area contributed by atoms with Crippen LogP contribution < -0.4 is 5.32 Å². The summed E-state index contributed by atoms with van der Waals surface area (Å²) in [6.45, 7) is 4.87. The van der Waals surface area contributed by atoms with Crippen molar-refractivity contribution in [3.63, 3.8) is 0 Å². The minimum Gasteiger partial charge on any atom is -0.385 e. The summed E-state index contributed by atoms with van der Waals surface area (Å²) in [5, 5.41) is 3.40. The molecule has 86 valence electrons. The van der Waals surface area contributed by atoms with Gasteiger partial charge in [0, 0.05) is 19.8 Å². The Morgan fingerprint density at radius 3 is 2.80 bits per heavy atom. The number of carbonyl (C=O) groups excluding carboxylic acids is 1. The van der Waals surface area contributed by atoms with E-state index in [-0.39, 0.29) is 17.7 Å². The van der Waals surface area contributed by atoms with Crippen molar-refractivity contribution < 1.29 is 9.53 Å². The van der Waals surface area contributed by atoms with Gasteiger partial charge in [-0.1, -0.05) is 0 Å². The molecule has 1 aliphatic carbocycles. The molecule has 2 rings (SSSR count). The number of carbonyl (C=O) groups is 1. The maximum absolute atomic E-state index is 12.1. The molecule has 0 aromatic rings. The van der Waals surface area contributed by atoms with Crippen molar-refractivity contribution >= 4 is 5.91 Å². The molecule has 0 bridgehead atoms. The van der Waals surface area contributed by atoms with Gasteiger partial charge in [0.05, 0.1) is 11.7 Å². The van der Waals surface area contributed by atoms with E-state index in [1.54, 1.807) is 7.11 Å². The molecule has 2 aliphatic rings. The number of methoxy groups -OCH3 is 1. The van der Waals surface area contributed by atoms with E-state index in [1.807, 2.05) is 4.90 Å². The molecular weight excluding hydrogens is 192 g/mol. The average molecular weight is 212 g/mol. The van der Waals surface area contributed by atoms with Crippen molar-refractivity contribution in [1.82, 2.24) is 10.2 Å². The second kappa shape index (κ2) is 3.76. The third kappa shape index (κ3) is 1.76. The van der Waals surface area contributed by atoms with E-state index in [2.05, 4.69) is 19.2 Å². The Morgan fingerprint density at radius 2 is 2.33 bits per heavy atom. The van der Waals surface area contributed by atoms with Gasteiger partial charge in [0.2, 0.25) is 5.91 Å². The Bertz CT molecular complexity index is 263. The van der Waals surface area contributed by atoms with Gasteiger partial charge in [0.25, 0.3) is 0 Å². The molecule has 1 heterocycles. The Kier molecular flexibility index (Phi) is 2.73. The molecule has 4 nitrogen and oxygen atoms in total. The molecule has 2 fully saturated rings. The third-order valence-electron chi connectivity index (χ3n) is 3.51. The highest BCUT2D eigenvalue weighted by molar-refractivity contribution is 5.92. The topological polar surface area (TPSA) is 41.6 Å². The van der Waals surface area contributed by atoms with Crippen LogP contribution in [0.15, 0.2) is 0 Å². The maximum atomic E-state index is 12.1. The summed E-state index contributed by atoms with van der Waals surface area (Å²) in [5.41, 5.74) is -0.180. The Labute approximate surface area is 91.0 Å². The molecule has 2 unspecified atom stereocenters. The molecule has 1 amide bonds. The van der Waals surface area contributed by atoms with Crippen LogP contribution in [0.4, 0.5) is 0 Å². The first-order chi connectivity index (χ1) is 7.10. The van der Waals surface area contributed by atoms with Crippen molar-refractivity contribution in [3.05, 3.63) is 0 Å². The number of nitrogens with zero attached hydrogens (tertiary/aromatic N) is 1. The Hall–Kier alpha value is -0.610. The average Bonchev–Trinajstić information content (AvgIpc) is 2.90. The van der Waals surface area contributed by atoms with E-state index in [9.17, 15) is 4.79 Å². The molecule has 0 aromatic carbocycles. The van der Waals surface area contributed by atoms with Crippen molar-refractivity contribution in [2.75, 3.05) is 13.7 Å². The van der Waals surface area contributed by atoms with Gasteiger partial charge in [-0.25, -0.2) is 0 Å². The molecule has 2 atom stereocenters. The summed E-state index contributed by atoms with van der Waals surface area (Å²) >= 11 is 0. The van der Waals surface area contributed by atoms with Gasteiger partial charge in [-0.05, 0) is 33.1 Å². The van der Waals surface area contributed by atoms with Gasteiger partial charge in [-0.3, -0.25) is 10.1 Å². The first-order valence-corrected chi connectivity index (χ1v) is 5.70. The predicted molar refractivity (Wildman–Crippen MR) is 57.4 cm³/mol. The summed E-state index contributed by atoms with van der Waals surface area (Å²) in [6.07, 6.45) is 3.09. The zero-order valence-corrected chi connectivity index (χ0v) is 9.75. The van der Waals surface area contributed by atoms with Crippen LogP contribution in [0.1, 0.15) is 33.1 Å². The Balaban J connectivity index is 1.99. The van der Waals surface area contributed by atoms with Crippen molar-refractivity contribution in [2.24, 2.45) is 0 Å². The molecule has 0 radical (unpaired) electrons. The van der Waals surface area contributed by atoms with Crippen LogP contribution in [0.3, 0.4) is 0 Å². The van der Waals surface area contributed by atoms with E-state index in [0.717, 1.165) is 19.3 Å². The molecule has 4 heteroatoms. The lowest BCUT2D eigenvalue weighted by molar-refractivity contribution is -0.132. The van der Waals surface area contributed by atoms with E-state index < -0.39 is 0 Å². The van der Waals surface area contributed by atoms with Gasteiger partial charge in [0.1, 0.15) is 0 Å². The van der Waals surface area contributed by atoms with Crippen LogP contribution >= 0.6 is 0 Å². The molecule has 1 saturated carbocycles. The standard InChI is InChI=1S/C11H20N2O2/c1-8(4-7-15-3)13-9(2)12-11(5-6-11)10(13)14/h8-9,12H,4-7H2,1-3H3. The van der Waals surface area contributed by atoms with Crippen LogP contribution in [-0.4, -0.2) is 42.3 Å². The third-order valence-corrected chi connectivity index (χ3v) is 3.51. The van der Waals surface area contributed by atoms with Crippen LogP contribution in [0.2, 0.25) is 0 Å². The monoisotopic (exact) mass is 212 g/mol. The lowest BCUT2D eigenvalue weighted by Crippen LogP contribution is -2.42. The molecular formula is C11H20N2O2. The van der Waals surface area contributed by atoms with Crippen LogP contribution in [0, 0.1) is 0 Å². The van der Waals surface area contributed by atoms with Gasteiger partial charge in [-0.2, -0.15) is 0 Å². The number of rotatable bonds is 4. The molecule has 0 aromatic heterocycles. The van der Waals surface area contributed by atoms with E-state index in [0.29, 0.717) is 12.5 Å². The van der Waals surface area contributed by atoms with E-state index >= 15 is 0 Å². The minimum absolute atomic E-state index is 0.173. The quantitative estimate of drug-likeness (QED) is 0.746. The summed E-state index contributed by atoms with van der Waals surface area (Å²) in [7, 11) is 1.70. The highest BCUT2D eigenvalue weighted by atomic mass is 16.5. The number of ether oxygens (including phenoxy) is 1. The van der Waals surface area contributed by atoms with Crippen LogP contribution in [-0.2, 0) is 9.53 Å². The van der Waals surface area contributed by atoms with E-state index in [4.69, 9.17) is 4.74 Å². The maximum Gasteiger partial charge on any atom is 0.244 e. The molecule has 1 saturated heterocycles. The highest BCUT2D eigenvalue weighted by Gasteiger charge is 2.58. The number of hydrogen-bond donors (Lipinski definition) is 1. The summed E-state index contributed by atoms with van der Waals surface area (Å²) in [4.78, 5) is 14.1. The highest BCUT2D eigenvalue weighted by Crippen LogP contribution is 2.42. The molecule has 1 aliphatic heterocycles. The Morgan fingerprint density at radius 1 is 1.67 bits per heavy atom. The normalized spacial score (nSPS) is 29.9. The van der Waals surface area contributed by atoms with Crippen LogP contribution in [0.5, 0.6) is 0 Å². The lowest BCUT2D eigenvalue weighted by atomic mass is 10.2. The largest absolute Gasteiger partial charge is 0.385 e. The second-order valence-electron chi connectivity index (χ2n) is 4.75. The van der Waals surface area contributed by atoms with Gasteiger partial charge in [0.15, 0.2) is 0 Å². The van der Waals surface area contributed by atoms with Gasteiger partial charge in [-0.15, -0.1) is 0 Å². The fourth-order valence-corrected chi connectivity index (χ4v) is 2.45. The first-order valence-electron chi connectivity index (χ1n) is 5.70. The summed E-state index contributed by atoms with van der Waals surface area (Å²) in [6, 6.07) is 0.264. The van der Waals surface area contributed by atoms with Gasteiger partial charge < -0.3 is 9.64 Å². The van der Waals surface area contributed by atoms with Crippen LogP contribution in [0.25, 0.3) is 0 Å². The molecule has 1 spiro atoms. The SMILES string of the molecule is COCCC(C)N1C(=O)C2(CC2)NC1C. The fourth-order valence-electron chi connectivity index (χ4n) is 2.45. The number of amides is 1. The predicted octanol–water partition coefficient (Wildman–Crippen LogP) is 0.722. The van der Waals surface area contributed by atoms with Crippen molar-refractivity contribution in [2.45, 2.75) is 50.9 Å². The van der Waals surface area contributed by atoms with Crippen molar-refractivity contribution in [3.8, 4) is 0 Å². The lowest BCUT2D eigenvalue weighted by Gasteiger charge is -2.28. The summed E-state index contributed by atoms with van der Waals surface area (Å²) < 4.78 is 5.05.